The second kappa shape index (κ2) is 5.72. The van der Waals surface area contributed by atoms with Gasteiger partial charge in [0.25, 0.3) is 0 Å². The normalized spacial score (nSPS) is 15.2. The molecule has 1 atom stereocenters. The van der Waals surface area contributed by atoms with Gasteiger partial charge in [-0.05, 0) is 30.0 Å². The van der Waals surface area contributed by atoms with Crippen LogP contribution < -0.4 is 10.5 Å². The van der Waals surface area contributed by atoms with Crippen molar-refractivity contribution in [2.24, 2.45) is 5.73 Å². The second-order valence-electron chi connectivity index (χ2n) is 6.18. The Labute approximate surface area is 110 Å². The first-order chi connectivity index (χ1) is 8.24. The molecule has 18 heavy (non-hydrogen) atoms. The summed E-state index contributed by atoms with van der Waals surface area (Å²) in [6.45, 7) is 8.86. The zero-order valence-corrected chi connectivity index (χ0v) is 11.9. The average molecular weight is 251 g/mol. The van der Waals surface area contributed by atoms with E-state index in [-0.39, 0.29) is 12.0 Å². The Balaban J connectivity index is 2.50. The highest BCUT2D eigenvalue weighted by Gasteiger charge is 2.17. The molecule has 0 aliphatic carbocycles. The molecule has 1 rings (SSSR count). The highest BCUT2D eigenvalue weighted by Crippen LogP contribution is 2.24. The number of aliphatic hydroxyl groups is 1. The summed E-state index contributed by atoms with van der Waals surface area (Å²) in [4.78, 5) is 0. The maximum atomic E-state index is 9.04. The van der Waals surface area contributed by atoms with Crippen molar-refractivity contribution in [2.45, 2.75) is 45.1 Å². The van der Waals surface area contributed by atoms with Crippen molar-refractivity contribution in [3.8, 4) is 5.75 Å². The molecule has 0 spiro atoms. The molecule has 0 fully saturated rings. The van der Waals surface area contributed by atoms with Crippen LogP contribution in [0.5, 0.6) is 5.75 Å². The van der Waals surface area contributed by atoms with Gasteiger partial charge in [0.1, 0.15) is 5.75 Å². The number of aliphatic hydroxyl groups excluding tert-OH is 1. The van der Waals surface area contributed by atoms with Gasteiger partial charge in [-0.1, -0.05) is 32.9 Å². The zero-order chi connectivity index (χ0) is 13.8. The smallest absolute Gasteiger partial charge is 0.119 e. The molecule has 3 heteroatoms. The lowest BCUT2D eigenvalue weighted by Gasteiger charge is -2.22. The summed E-state index contributed by atoms with van der Waals surface area (Å²) in [5, 5.41) is 9.04. The van der Waals surface area contributed by atoms with Crippen molar-refractivity contribution >= 4 is 0 Å². The summed E-state index contributed by atoms with van der Waals surface area (Å²) < 4.78 is 5.62. The SMILES string of the molecule is CC(N)(CO)CCOc1ccc(C(C)(C)C)cc1. The minimum absolute atomic E-state index is 0.0285. The molecule has 0 amide bonds. The number of ether oxygens (including phenoxy) is 1. The van der Waals surface area contributed by atoms with E-state index in [1.165, 1.54) is 5.56 Å². The highest BCUT2D eigenvalue weighted by atomic mass is 16.5. The molecule has 0 aromatic heterocycles. The van der Waals surface area contributed by atoms with E-state index in [2.05, 4.69) is 32.9 Å². The van der Waals surface area contributed by atoms with Gasteiger partial charge < -0.3 is 15.6 Å². The Hall–Kier alpha value is -1.06. The predicted octanol–water partition coefficient (Wildman–Crippen LogP) is 2.46. The third-order valence-corrected chi connectivity index (χ3v) is 3.02. The van der Waals surface area contributed by atoms with Gasteiger partial charge in [-0.2, -0.15) is 0 Å². The monoisotopic (exact) mass is 251 g/mol. The van der Waals surface area contributed by atoms with Crippen LogP contribution in [0.15, 0.2) is 24.3 Å². The van der Waals surface area contributed by atoms with Gasteiger partial charge in [0, 0.05) is 12.0 Å². The van der Waals surface area contributed by atoms with E-state index in [9.17, 15) is 0 Å². The molecule has 1 aromatic rings. The van der Waals surface area contributed by atoms with Crippen molar-refractivity contribution in [3.63, 3.8) is 0 Å². The lowest BCUT2D eigenvalue weighted by molar-refractivity contribution is 0.175. The summed E-state index contributed by atoms with van der Waals surface area (Å²) in [5.74, 6) is 0.844. The van der Waals surface area contributed by atoms with Crippen LogP contribution in [0.3, 0.4) is 0 Å². The Morgan fingerprint density at radius 3 is 2.11 bits per heavy atom. The van der Waals surface area contributed by atoms with Crippen molar-refractivity contribution < 1.29 is 9.84 Å². The molecular weight excluding hydrogens is 226 g/mol. The molecule has 0 bridgehead atoms. The van der Waals surface area contributed by atoms with Gasteiger partial charge >= 0.3 is 0 Å². The first-order valence-electron chi connectivity index (χ1n) is 6.38. The lowest BCUT2D eigenvalue weighted by atomic mass is 9.87. The number of hydrogen-bond acceptors (Lipinski definition) is 3. The first kappa shape index (κ1) is 15.0. The summed E-state index contributed by atoms with van der Waals surface area (Å²) in [6, 6.07) is 8.13. The maximum absolute atomic E-state index is 9.04. The first-order valence-corrected chi connectivity index (χ1v) is 6.38. The van der Waals surface area contributed by atoms with Crippen LogP contribution in [-0.2, 0) is 5.41 Å². The Morgan fingerprint density at radius 2 is 1.67 bits per heavy atom. The number of hydrogen-bond donors (Lipinski definition) is 2. The van der Waals surface area contributed by atoms with Crippen LogP contribution in [0, 0.1) is 0 Å². The van der Waals surface area contributed by atoms with Crippen LogP contribution >= 0.6 is 0 Å². The molecule has 0 radical (unpaired) electrons. The standard InChI is InChI=1S/C15H25NO2/c1-14(2,3)12-5-7-13(8-6-12)18-10-9-15(4,16)11-17/h5-8,17H,9-11,16H2,1-4H3. The molecule has 0 heterocycles. The predicted molar refractivity (Wildman–Crippen MR) is 74.9 cm³/mol. The summed E-state index contributed by atoms with van der Waals surface area (Å²) >= 11 is 0. The summed E-state index contributed by atoms with van der Waals surface area (Å²) in [6.07, 6.45) is 0.629. The van der Waals surface area contributed by atoms with Crippen LogP contribution in [-0.4, -0.2) is 23.9 Å². The minimum atomic E-state index is -0.564. The van der Waals surface area contributed by atoms with Crippen LogP contribution in [0.25, 0.3) is 0 Å². The molecule has 0 saturated carbocycles. The molecule has 0 aliphatic heterocycles. The number of benzene rings is 1. The molecule has 102 valence electrons. The molecule has 3 nitrogen and oxygen atoms in total. The molecular formula is C15H25NO2. The third kappa shape index (κ3) is 4.67. The van der Waals surface area contributed by atoms with Crippen molar-refractivity contribution in [1.82, 2.24) is 0 Å². The van der Waals surface area contributed by atoms with Crippen LogP contribution in [0.4, 0.5) is 0 Å². The van der Waals surface area contributed by atoms with Gasteiger partial charge in [-0.15, -0.1) is 0 Å². The summed E-state index contributed by atoms with van der Waals surface area (Å²) in [5.41, 5.74) is 6.71. The fraction of sp³-hybridized carbons (Fsp3) is 0.600. The number of nitrogens with two attached hydrogens (primary N) is 1. The zero-order valence-electron chi connectivity index (χ0n) is 11.9. The topological polar surface area (TPSA) is 55.5 Å². The van der Waals surface area contributed by atoms with Gasteiger partial charge in [-0.3, -0.25) is 0 Å². The third-order valence-electron chi connectivity index (χ3n) is 3.02. The summed E-state index contributed by atoms with van der Waals surface area (Å²) in [7, 11) is 0. The highest BCUT2D eigenvalue weighted by molar-refractivity contribution is 5.31. The fourth-order valence-electron chi connectivity index (χ4n) is 1.53. The molecule has 1 aromatic carbocycles. The molecule has 0 aliphatic rings. The van der Waals surface area contributed by atoms with Gasteiger partial charge in [0.2, 0.25) is 0 Å². The van der Waals surface area contributed by atoms with Crippen molar-refractivity contribution in [1.29, 1.82) is 0 Å². The Kier molecular flexibility index (Phi) is 4.77. The van der Waals surface area contributed by atoms with E-state index in [1.807, 2.05) is 19.1 Å². The van der Waals surface area contributed by atoms with E-state index in [0.717, 1.165) is 5.75 Å². The van der Waals surface area contributed by atoms with E-state index >= 15 is 0 Å². The lowest BCUT2D eigenvalue weighted by Crippen LogP contribution is -2.41. The van der Waals surface area contributed by atoms with Crippen molar-refractivity contribution in [3.05, 3.63) is 29.8 Å². The van der Waals surface area contributed by atoms with Gasteiger partial charge in [0.15, 0.2) is 0 Å². The average Bonchev–Trinajstić information content (AvgIpc) is 2.28. The van der Waals surface area contributed by atoms with Crippen molar-refractivity contribution in [2.75, 3.05) is 13.2 Å². The van der Waals surface area contributed by atoms with E-state index < -0.39 is 5.54 Å². The van der Waals surface area contributed by atoms with Gasteiger partial charge in [0.05, 0.1) is 13.2 Å². The molecule has 0 saturated heterocycles. The second-order valence-corrected chi connectivity index (χ2v) is 6.18. The molecule has 3 N–H and O–H groups in total. The number of rotatable bonds is 5. The van der Waals surface area contributed by atoms with E-state index in [0.29, 0.717) is 13.0 Å². The van der Waals surface area contributed by atoms with Gasteiger partial charge in [-0.25, -0.2) is 0 Å². The Bertz CT molecular complexity index is 363. The molecule has 1 unspecified atom stereocenters. The quantitative estimate of drug-likeness (QED) is 0.845. The van der Waals surface area contributed by atoms with Crippen LogP contribution in [0.2, 0.25) is 0 Å². The van der Waals surface area contributed by atoms with E-state index in [1.54, 1.807) is 0 Å². The largest absolute Gasteiger partial charge is 0.494 e. The Morgan fingerprint density at radius 1 is 1.11 bits per heavy atom. The fourth-order valence-corrected chi connectivity index (χ4v) is 1.53. The maximum Gasteiger partial charge on any atom is 0.119 e. The minimum Gasteiger partial charge on any atom is -0.494 e. The van der Waals surface area contributed by atoms with Crippen LogP contribution in [0.1, 0.15) is 39.7 Å². The van der Waals surface area contributed by atoms with E-state index in [4.69, 9.17) is 15.6 Å².